The minimum Gasteiger partial charge on any atom is -0.329 e. The molecule has 2 aliphatic heterocycles. The van der Waals surface area contributed by atoms with E-state index < -0.39 is 0 Å². The first-order valence-corrected chi connectivity index (χ1v) is 9.21. The third-order valence-corrected chi connectivity index (χ3v) is 6.46. The Hall–Kier alpha value is -0.120. The van der Waals surface area contributed by atoms with Crippen molar-refractivity contribution in [2.75, 3.05) is 39.3 Å². The van der Waals surface area contributed by atoms with Gasteiger partial charge in [0.15, 0.2) is 0 Å². The second-order valence-corrected chi connectivity index (χ2v) is 8.71. The lowest BCUT2D eigenvalue weighted by molar-refractivity contribution is 0.0453. The van der Waals surface area contributed by atoms with Gasteiger partial charge in [-0.25, -0.2) is 0 Å². The molecular weight excluding hydrogens is 258 g/mol. The topological polar surface area (TPSA) is 32.5 Å². The average molecular weight is 293 g/mol. The highest BCUT2D eigenvalue weighted by atomic mass is 15.2. The number of nitrogens with two attached hydrogens (primary N) is 1. The van der Waals surface area contributed by atoms with Gasteiger partial charge in [0.05, 0.1) is 0 Å². The molecule has 0 amide bonds. The normalized spacial score (nSPS) is 35.6. The van der Waals surface area contributed by atoms with Gasteiger partial charge < -0.3 is 10.6 Å². The van der Waals surface area contributed by atoms with Crippen LogP contribution in [-0.4, -0.2) is 54.6 Å². The smallest absolute Gasteiger partial charge is 0.0337 e. The maximum atomic E-state index is 6.24. The van der Waals surface area contributed by atoms with Gasteiger partial charge in [0, 0.05) is 18.6 Å². The highest BCUT2D eigenvalue weighted by Gasteiger charge is 2.46. The molecule has 0 radical (unpaired) electrons. The first kappa shape index (κ1) is 15.8. The van der Waals surface area contributed by atoms with Gasteiger partial charge in [-0.3, -0.25) is 4.90 Å². The van der Waals surface area contributed by atoms with Crippen LogP contribution in [0.25, 0.3) is 0 Å². The number of hydrogen-bond donors (Lipinski definition) is 1. The Labute approximate surface area is 131 Å². The molecule has 0 aromatic carbocycles. The maximum Gasteiger partial charge on any atom is 0.0337 e. The molecule has 3 nitrogen and oxygen atoms in total. The molecule has 1 saturated carbocycles. The molecule has 3 fully saturated rings. The summed E-state index contributed by atoms with van der Waals surface area (Å²) < 4.78 is 0. The van der Waals surface area contributed by atoms with Gasteiger partial charge in [-0.05, 0) is 82.5 Å². The number of piperidine rings is 1. The molecule has 2 N–H and O–H groups in total. The molecule has 3 aliphatic rings. The van der Waals surface area contributed by atoms with Crippen molar-refractivity contribution in [3.63, 3.8) is 0 Å². The summed E-state index contributed by atoms with van der Waals surface area (Å²) in [6.45, 7) is 12.3. The van der Waals surface area contributed by atoms with Crippen molar-refractivity contribution >= 4 is 0 Å². The Kier molecular flexibility index (Phi) is 4.63. The molecule has 122 valence electrons. The predicted octanol–water partition coefficient (Wildman–Crippen LogP) is 2.70. The summed E-state index contributed by atoms with van der Waals surface area (Å²) in [6.07, 6.45) is 9.57. The van der Waals surface area contributed by atoms with E-state index in [0.717, 1.165) is 12.5 Å². The molecule has 2 heterocycles. The Bertz CT molecular complexity index is 340. The zero-order valence-corrected chi connectivity index (χ0v) is 14.2. The average Bonchev–Trinajstić information content (AvgIpc) is 3.08. The van der Waals surface area contributed by atoms with Crippen molar-refractivity contribution in [3.8, 4) is 0 Å². The maximum absolute atomic E-state index is 6.24. The standard InChI is InChI=1S/C18H35N3/c1-17(2)7-8-18(14-17,15-19)21-11-5-16(6-12-21)13-20-9-3-4-10-20/h16H,3-15,19H2,1-2H3. The van der Waals surface area contributed by atoms with E-state index in [1.54, 1.807) is 0 Å². The molecule has 21 heavy (non-hydrogen) atoms. The summed E-state index contributed by atoms with van der Waals surface area (Å²) in [4.78, 5) is 5.46. The zero-order chi connectivity index (χ0) is 14.9. The summed E-state index contributed by atoms with van der Waals surface area (Å²) in [5.74, 6) is 0.934. The fourth-order valence-corrected chi connectivity index (χ4v) is 5.13. The molecular formula is C18H35N3. The first-order valence-electron chi connectivity index (χ1n) is 9.21. The van der Waals surface area contributed by atoms with E-state index in [1.165, 1.54) is 77.7 Å². The highest BCUT2D eigenvalue weighted by Crippen LogP contribution is 2.47. The van der Waals surface area contributed by atoms with Crippen LogP contribution < -0.4 is 5.73 Å². The lowest BCUT2D eigenvalue weighted by Crippen LogP contribution is -2.55. The quantitative estimate of drug-likeness (QED) is 0.865. The molecule has 1 atom stereocenters. The van der Waals surface area contributed by atoms with Gasteiger partial charge in [-0.2, -0.15) is 0 Å². The number of likely N-dealkylation sites (tertiary alicyclic amines) is 2. The summed E-state index contributed by atoms with van der Waals surface area (Å²) in [5, 5.41) is 0. The summed E-state index contributed by atoms with van der Waals surface area (Å²) in [5.41, 5.74) is 7.05. The van der Waals surface area contributed by atoms with E-state index in [4.69, 9.17) is 5.73 Å². The van der Waals surface area contributed by atoms with Gasteiger partial charge in [-0.1, -0.05) is 13.8 Å². The summed E-state index contributed by atoms with van der Waals surface area (Å²) in [6, 6.07) is 0. The van der Waals surface area contributed by atoms with Crippen LogP contribution in [0, 0.1) is 11.3 Å². The molecule has 1 unspecified atom stereocenters. The van der Waals surface area contributed by atoms with Crippen molar-refractivity contribution in [1.82, 2.24) is 9.80 Å². The number of nitrogens with zero attached hydrogens (tertiary/aromatic N) is 2. The minimum absolute atomic E-state index is 0.322. The van der Waals surface area contributed by atoms with Crippen molar-refractivity contribution < 1.29 is 0 Å². The van der Waals surface area contributed by atoms with Crippen molar-refractivity contribution in [2.24, 2.45) is 17.1 Å². The summed E-state index contributed by atoms with van der Waals surface area (Å²) in [7, 11) is 0. The Balaban J connectivity index is 1.52. The second kappa shape index (κ2) is 6.17. The van der Waals surface area contributed by atoms with Gasteiger partial charge >= 0.3 is 0 Å². The van der Waals surface area contributed by atoms with Crippen LogP contribution in [0.5, 0.6) is 0 Å². The largest absolute Gasteiger partial charge is 0.329 e. The Morgan fingerprint density at radius 3 is 2.19 bits per heavy atom. The number of rotatable bonds is 4. The fraction of sp³-hybridized carbons (Fsp3) is 1.00. The third kappa shape index (κ3) is 3.46. The molecule has 1 aliphatic carbocycles. The van der Waals surface area contributed by atoms with Crippen LogP contribution in [0.1, 0.15) is 58.8 Å². The van der Waals surface area contributed by atoms with E-state index in [2.05, 4.69) is 23.6 Å². The SMILES string of the molecule is CC1(C)CCC(CN)(N2CCC(CN3CCCC3)CC2)C1. The van der Waals surface area contributed by atoms with Crippen LogP contribution in [-0.2, 0) is 0 Å². The predicted molar refractivity (Wildman–Crippen MR) is 89.4 cm³/mol. The van der Waals surface area contributed by atoms with Gasteiger partial charge in [0.2, 0.25) is 0 Å². The van der Waals surface area contributed by atoms with Crippen molar-refractivity contribution in [3.05, 3.63) is 0 Å². The molecule has 0 spiro atoms. The molecule has 0 aromatic heterocycles. The van der Waals surface area contributed by atoms with E-state index >= 15 is 0 Å². The monoisotopic (exact) mass is 293 g/mol. The van der Waals surface area contributed by atoms with Crippen molar-refractivity contribution in [1.29, 1.82) is 0 Å². The van der Waals surface area contributed by atoms with Gasteiger partial charge in [0.25, 0.3) is 0 Å². The minimum atomic E-state index is 0.322. The van der Waals surface area contributed by atoms with Gasteiger partial charge in [-0.15, -0.1) is 0 Å². The lowest BCUT2D eigenvalue weighted by Gasteiger charge is -2.45. The summed E-state index contributed by atoms with van der Waals surface area (Å²) >= 11 is 0. The van der Waals surface area contributed by atoms with E-state index in [0.29, 0.717) is 11.0 Å². The molecule has 3 heteroatoms. The van der Waals surface area contributed by atoms with E-state index in [1.807, 2.05) is 0 Å². The fourth-order valence-electron chi connectivity index (χ4n) is 5.13. The van der Waals surface area contributed by atoms with E-state index in [9.17, 15) is 0 Å². The highest BCUT2D eigenvalue weighted by molar-refractivity contribution is 5.03. The van der Waals surface area contributed by atoms with Gasteiger partial charge in [0.1, 0.15) is 0 Å². The molecule has 2 saturated heterocycles. The third-order valence-electron chi connectivity index (χ3n) is 6.46. The van der Waals surface area contributed by atoms with Crippen molar-refractivity contribution in [2.45, 2.75) is 64.3 Å². The second-order valence-electron chi connectivity index (χ2n) is 8.71. The van der Waals surface area contributed by atoms with Crippen LogP contribution in [0.3, 0.4) is 0 Å². The number of hydrogen-bond acceptors (Lipinski definition) is 3. The van der Waals surface area contributed by atoms with Crippen LogP contribution in [0.4, 0.5) is 0 Å². The lowest BCUT2D eigenvalue weighted by atomic mass is 9.84. The Morgan fingerprint density at radius 2 is 1.67 bits per heavy atom. The van der Waals surface area contributed by atoms with Crippen LogP contribution in [0.2, 0.25) is 0 Å². The Morgan fingerprint density at radius 1 is 1.00 bits per heavy atom. The van der Waals surface area contributed by atoms with Crippen LogP contribution in [0.15, 0.2) is 0 Å². The van der Waals surface area contributed by atoms with Crippen LogP contribution >= 0.6 is 0 Å². The molecule has 3 rings (SSSR count). The molecule has 0 bridgehead atoms. The van der Waals surface area contributed by atoms with E-state index in [-0.39, 0.29) is 0 Å². The zero-order valence-electron chi connectivity index (χ0n) is 14.2. The molecule has 0 aromatic rings. The first-order chi connectivity index (χ1) is 10.0.